The van der Waals surface area contributed by atoms with Gasteiger partial charge in [-0.1, -0.05) is 0 Å². The first kappa shape index (κ1) is 14.1. The average molecular weight is 266 g/mol. The Hall–Kier alpha value is -1.33. The lowest BCUT2D eigenvalue weighted by atomic mass is 10.0. The molecule has 0 aliphatic carbocycles. The summed E-state index contributed by atoms with van der Waals surface area (Å²) in [6.45, 7) is 4.60. The maximum absolute atomic E-state index is 5.55. The first-order valence-electron chi connectivity index (χ1n) is 6.64. The number of hydrogen-bond acceptors (Lipinski definition) is 5. The number of methoxy groups -OCH3 is 2. The van der Waals surface area contributed by atoms with Crippen LogP contribution in [-0.4, -0.2) is 38.5 Å². The van der Waals surface area contributed by atoms with Crippen molar-refractivity contribution in [2.45, 2.75) is 26.0 Å². The Kier molecular flexibility index (Phi) is 4.99. The Labute approximate surface area is 114 Å². The highest BCUT2D eigenvalue weighted by molar-refractivity contribution is 5.42. The van der Waals surface area contributed by atoms with Gasteiger partial charge in [0.15, 0.2) is 11.5 Å². The van der Waals surface area contributed by atoms with E-state index in [9.17, 15) is 0 Å². The summed E-state index contributed by atoms with van der Waals surface area (Å²) in [5.74, 6) is 2.00. The summed E-state index contributed by atoms with van der Waals surface area (Å²) >= 11 is 0. The second-order valence-electron chi connectivity index (χ2n) is 4.75. The molecule has 5 nitrogen and oxygen atoms in total. The number of pyridine rings is 1. The van der Waals surface area contributed by atoms with Crippen LogP contribution in [0, 0.1) is 5.92 Å². The Morgan fingerprint density at radius 2 is 2.26 bits per heavy atom. The van der Waals surface area contributed by atoms with Gasteiger partial charge in [-0.15, -0.1) is 0 Å². The molecule has 1 aliphatic heterocycles. The number of rotatable bonds is 6. The van der Waals surface area contributed by atoms with E-state index in [1.807, 2.05) is 0 Å². The molecule has 2 rings (SSSR count). The molecule has 1 saturated heterocycles. The van der Waals surface area contributed by atoms with E-state index < -0.39 is 0 Å². The normalized spacial score (nSPS) is 22.5. The van der Waals surface area contributed by atoms with Crippen molar-refractivity contribution in [3.05, 3.63) is 18.0 Å². The molecule has 2 unspecified atom stereocenters. The van der Waals surface area contributed by atoms with Crippen LogP contribution >= 0.6 is 0 Å². The Balaban J connectivity index is 1.92. The summed E-state index contributed by atoms with van der Waals surface area (Å²) in [5.41, 5.74) is 0.869. The lowest BCUT2D eigenvalue weighted by Crippen LogP contribution is -2.27. The molecular formula is C14H22N2O3. The zero-order valence-electron chi connectivity index (χ0n) is 11.8. The number of nitrogens with zero attached hydrogens (tertiary/aromatic N) is 1. The van der Waals surface area contributed by atoms with Gasteiger partial charge in [0.1, 0.15) is 0 Å². The predicted octanol–water partition coefficient (Wildman–Crippen LogP) is 1.61. The second-order valence-corrected chi connectivity index (χ2v) is 4.75. The maximum Gasteiger partial charge on any atom is 0.183 e. The number of hydrogen-bond donors (Lipinski definition) is 1. The van der Waals surface area contributed by atoms with Gasteiger partial charge in [0.25, 0.3) is 0 Å². The fourth-order valence-electron chi connectivity index (χ4n) is 2.40. The zero-order valence-corrected chi connectivity index (χ0v) is 11.8. The van der Waals surface area contributed by atoms with Crippen LogP contribution in [0.1, 0.15) is 19.0 Å². The van der Waals surface area contributed by atoms with Crippen molar-refractivity contribution in [3.8, 4) is 11.5 Å². The largest absolute Gasteiger partial charge is 0.493 e. The molecule has 1 N–H and O–H groups in total. The molecule has 1 aromatic heterocycles. The van der Waals surface area contributed by atoms with E-state index in [-0.39, 0.29) is 0 Å². The zero-order chi connectivity index (χ0) is 13.7. The van der Waals surface area contributed by atoms with Crippen LogP contribution in [0.25, 0.3) is 0 Å². The van der Waals surface area contributed by atoms with Gasteiger partial charge in [-0.05, 0) is 19.3 Å². The minimum atomic E-state index is 0.340. The summed E-state index contributed by atoms with van der Waals surface area (Å²) in [4.78, 5) is 4.34. The van der Waals surface area contributed by atoms with E-state index in [2.05, 4.69) is 17.2 Å². The molecule has 106 valence electrons. The van der Waals surface area contributed by atoms with Crippen LogP contribution in [0.4, 0.5) is 0 Å². The van der Waals surface area contributed by atoms with Gasteiger partial charge in [-0.25, -0.2) is 0 Å². The molecule has 2 atom stereocenters. The molecule has 0 radical (unpaired) electrons. The highest BCUT2D eigenvalue weighted by Crippen LogP contribution is 2.29. The summed E-state index contributed by atoms with van der Waals surface area (Å²) in [5, 5.41) is 3.42. The second kappa shape index (κ2) is 6.73. The third kappa shape index (κ3) is 3.36. The molecule has 0 bridgehead atoms. The van der Waals surface area contributed by atoms with E-state index in [0.29, 0.717) is 30.1 Å². The molecule has 0 aromatic carbocycles. The van der Waals surface area contributed by atoms with Gasteiger partial charge >= 0.3 is 0 Å². The average Bonchev–Trinajstić information content (AvgIpc) is 2.84. The van der Waals surface area contributed by atoms with Crippen molar-refractivity contribution in [1.29, 1.82) is 0 Å². The molecular weight excluding hydrogens is 244 g/mol. The van der Waals surface area contributed by atoms with Crippen LogP contribution in [0.3, 0.4) is 0 Å². The minimum absolute atomic E-state index is 0.340. The molecule has 0 amide bonds. The summed E-state index contributed by atoms with van der Waals surface area (Å²) in [7, 11) is 3.27. The molecule has 0 saturated carbocycles. The number of nitrogens with one attached hydrogen (secondary N) is 1. The van der Waals surface area contributed by atoms with E-state index in [1.54, 1.807) is 26.5 Å². The van der Waals surface area contributed by atoms with E-state index >= 15 is 0 Å². The molecule has 1 aromatic rings. The van der Waals surface area contributed by atoms with Crippen molar-refractivity contribution in [2.75, 3.05) is 27.4 Å². The van der Waals surface area contributed by atoms with Gasteiger partial charge in [0.05, 0.1) is 26.0 Å². The van der Waals surface area contributed by atoms with Gasteiger partial charge in [-0.3, -0.25) is 4.98 Å². The lowest BCUT2D eigenvalue weighted by molar-refractivity contribution is 0.105. The smallest absolute Gasteiger partial charge is 0.183 e. The molecule has 1 aliphatic rings. The Bertz CT molecular complexity index is 412. The third-order valence-electron chi connectivity index (χ3n) is 3.60. The van der Waals surface area contributed by atoms with Crippen molar-refractivity contribution >= 4 is 0 Å². The van der Waals surface area contributed by atoms with Crippen LogP contribution in [0.5, 0.6) is 11.5 Å². The highest BCUT2D eigenvalue weighted by atomic mass is 16.5. The molecule has 19 heavy (non-hydrogen) atoms. The maximum atomic E-state index is 5.55. The summed E-state index contributed by atoms with van der Waals surface area (Å²) in [6, 6.07) is 1.80. The molecule has 0 spiro atoms. The first-order valence-corrected chi connectivity index (χ1v) is 6.64. The Morgan fingerprint density at radius 1 is 1.42 bits per heavy atom. The van der Waals surface area contributed by atoms with Crippen LogP contribution < -0.4 is 14.8 Å². The summed E-state index contributed by atoms with van der Waals surface area (Å²) in [6.07, 6.45) is 3.20. The quantitative estimate of drug-likeness (QED) is 0.848. The van der Waals surface area contributed by atoms with Crippen molar-refractivity contribution < 1.29 is 14.2 Å². The molecule has 1 fully saturated rings. The highest BCUT2D eigenvalue weighted by Gasteiger charge is 2.23. The fraction of sp³-hybridized carbons (Fsp3) is 0.643. The molecule has 5 heteroatoms. The topological polar surface area (TPSA) is 52.6 Å². The van der Waals surface area contributed by atoms with E-state index in [1.165, 1.54) is 0 Å². The Morgan fingerprint density at radius 3 is 2.89 bits per heavy atom. The molecule has 2 heterocycles. The number of ether oxygens (including phenoxy) is 3. The first-order chi connectivity index (χ1) is 9.26. The fourth-order valence-corrected chi connectivity index (χ4v) is 2.40. The van der Waals surface area contributed by atoms with Crippen molar-refractivity contribution in [1.82, 2.24) is 10.3 Å². The van der Waals surface area contributed by atoms with Gasteiger partial charge in [0, 0.05) is 32.0 Å². The van der Waals surface area contributed by atoms with Gasteiger partial charge < -0.3 is 19.5 Å². The third-order valence-corrected chi connectivity index (χ3v) is 3.60. The van der Waals surface area contributed by atoms with Crippen LogP contribution in [0.2, 0.25) is 0 Å². The van der Waals surface area contributed by atoms with Crippen LogP contribution in [0.15, 0.2) is 12.3 Å². The van der Waals surface area contributed by atoms with E-state index in [0.717, 1.165) is 25.3 Å². The van der Waals surface area contributed by atoms with E-state index in [4.69, 9.17) is 14.2 Å². The van der Waals surface area contributed by atoms with Gasteiger partial charge in [-0.2, -0.15) is 0 Å². The summed E-state index contributed by atoms with van der Waals surface area (Å²) < 4.78 is 16.2. The minimum Gasteiger partial charge on any atom is -0.493 e. The predicted molar refractivity (Wildman–Crippen MR) is 72.6 cm³/mol. The van der Waals surface area contributed by atoms with Crippen molar-refractivity contribution in [3.63, 3.8) is 0 Å². The van der Waals surface area contributed by atoms with Gasteiger partial charge in [0.2, 0.25) is 0 Å². The van der Waals surface area contributed by atoms with Crippen LogP contribution in [-0.2, 0) is 11.3 Å². The number of aromatic nitrogens is 1. The SMILES string of the molecule is COc1ccnc(CNCC2CCOC2C)c1OC. The lowest BCUT2D eigenvalue weighted by Gasteiger charge is -2.16. The standard InChI is InChI=1S/C14H22N2O3/c1-10-11(5-7-19-10)8-15-9-12-14(18-3)13(17-2)4-6-16-12/h4,6,10-11,15H,5,7-9H2,1-3H3. The van der Waals surface area contributed by atoms with Crippen molar-refractivity contribution in [2.24, 2.45) is 5.92 Å². The monoisotopic (exact) mass is 266 g/mol.